The third-order valence-corrected chi connectivity index (χ3v) is 23.1. The van der Waals surface area contributed by atoms with E-state index in [1.165, 1.54) is 457 Å². The summed E-state index contributed by atoms with van der Waals surface area (Å²) in [6.45, 7) is 11.4. The molecule has 0 unspecified atom stereocenters. The van der Waals surface area contributed by atoms with E-state index in [2.05, 4.69) is 93.8 Å². The third kappa shape index (κ3) is 64.1. The van der Waals surface area contributed by atoms with Crippen LogP contribution in [0.5, 0.6) is 0 Å². The second-order valence-electron chi connectivity index (χ2n) is 30.3. The molecule has 2 nitrogen and oxygen atoms in total. The fourth-order valence-corrected chi connectivity index (χ4v) is 16.4. The summed E-state index contributed by atoms with van der Waals surface area (Å²) in [5.74, 6) is 2.72. The molecule has 0 saturated carbocycles. The van der Waals surface area contributed by atoms with Gasteiger partial charge in [-0.05, 0) is 71.9 Å². The van der Waals surface area contributed by atoms with Crippen molar-refractivity contribution in [1.29, 1.82) is 0 Å². The minimum absolute atomic E-state index is 0.960. The van der Waals surface area contributed by atoms with Crippen molar-refractivity contribution < 1.29 is 22.8 Å². The Bertz CT molecular complexity index is 1890. The molecule has 0 aliphatic carbocycles. The van der Waals surface area contributed by atoms with E-state index in [9.17, 15) is 0 Å². The van der Waals surface area contributed by atoms with Gasteiger partial charge in [-0.25, -0.2) is 0 Å². The van der Waals surface area contributed by atoms with Gasteiger partial charge in [0.1, 0.15) is 0 Å². The third-order valence-electron chi connectivity index (χ3n) is 20.9. The molecule has 560 valence electrons. The van der Waals surface area contributed by atoms with Crippen LogP contribution < -0.4 is 0 Å². The molecule has 0 saturated heterocycles. The number of aryl methyl sites for hydroxylation is 2. The van der Waals surface area contributed by atoms with Gasteiger partial charge >= 0.3 is 169 Å². The van der Waals surface area contributed by atoms with E-state index in [4.69, 9.17) is 5.53 Å². The van der Waals surface area contributed by atoms with Gasteiger partial charge in [-0.2, -0.15) is 0 Å². The Labute approximate surface area is 612 Å². The first-order valence-electron chi connectivity index (χ1n) is 43.9. The normalized spacial score (nSPS) is 11.7. The Balaban J connectivity index is 0.00000111. The van der Waals surface area contributed by atoms with Crippen LogP contribution in [0.4, 0.5) is 0 Å². The number of nitrogens with zero attached hydrogens (tertiary/aromatic N) is 2. The van der Waals surface area contributed by atoms with Gasteiger partial charge in [-0.15, -0.1) is 4.79 Å². The molecule has 2 aromatic carbocycles. The molecule has 0 aliphatic rings. The second-order valence-corrected chi connectivity index (χ2v) is 32.6. The van der Waals surface area contributed by atoms with E-state index in [0.29, 0.717) is 0 Å². The Morgan fingerprint density at radius 3 is 0.865 bits per heavy atom. The van der Waals surface area contributed by atoms with Gasteiger partial charge in [-0.3, -0.25) is 0 Å². The van der Waals surface area contributed by atoms with Crippen LogP contribution in [0.15, 0.2) is 60.2 Å². The number of unbranched alkanes of at least 4 members (excludes halogenated alkanes) is 62. The molecule has 2 rings (SSSR count). The van der Waals surface area contributed by atoms with Crippen molar-refractivity contribution in [3.63, 3.8) is 0 Å². The minimum Gasteiger partial charge on any atom is -0.0654 e. The molecule has 0 atom stereocenters. The van der Waals surface area contributed by atoms with Crippen LogP contribution in [0, 0.1) is 0 Å². The SMILES string of the molecule is CCCCCCCCC(C=C=[N+]=[N-])=C(c1ccc(CCCC)cc1)c1cccc(CCCCC)c1.CCCCCCCCCCCCCCCCCCCCCCCCCCCCC[CH2][Pd][CH2]CCCCCCCCCCCCCCCCCCCCCCCCCCCCC. The second kappa shape index (κ2) is 78.7. The quantitative estimate of drug-likeness (QED) is 0.0158. The number of rotatable bonds is 75. The van der Waals surface area contributed by atoms with E-state index in [1.54, 1.807) is 9.79 Å². The van der Waals surface area contributed by atoms with Crippen LogP contribution >= 0.6 is 0 Å². The maximum absolute atomic E-state index is 9.15. The van der Waals surface area contributed by atoms with Gasteiger partial charge in [-0.1, -0.05) is 353 Å². The van der Waals surface area contributed by atoms with E-state index in [0.717, 1.165) is 43.7 Å². The van der Waals surface area contributed by atoms with Crippen molar-refractivity contribution in [2.45, 2.75) is 494 Å². The molecule has 0 radical (unpaired) electrons. The predicted molar refractivity (Wildman–Crippen MR) is 431 cm³/mol. The molecule has 96 heavy (non-hydrogen) atoms. The first-order valence-corrected chi connectivity index (χ1v) is 46.1. The summed E-state index contributed by atoms with van der Waals surface area (Å²) in [5.41, 5.74) is 16.9. The van der Waals surface area contributed by atoms with Crippen LogP contribution in [-0.4, -0.2) is 10.7 Å². The summed E-state index contributed by atoms with van der Waals surface area (Å²) in [6.07, 6.45) is 102. The maximum atomic E-state index is 9.15. The van der Waals surface area contributed by atoms with Gasteiger partial charge < -0.3 is 5.53 Å². The zero-order chi connectivity index (χ0) is 68.9. The Morgan fingerprint density at radius 1 is 0.292 bits per heavy atom. The molecule has 3 heteroatoms. The van der Waals surface area contributed by atoms with E-state index in [1.807, 2.05) is 6.08 Å². The standard InChI is InChI=1S/C33H46N2.2C30H61.Pd/c1-4-7-10-11-12-14-19-30(25-26-35-34)33(31-23-21-28(22-24-31)16-9-6-3)32-20-15-18-29(27-32)17-13-8-5-2;2*1-3-5-7-9-11-13-15-17-19-21-23-25-27-29-30-28-26-24-22-20-18-16-14-12-10-8-6-4-2;/h15,18,20-25,27H,4-14,16-17,19H2,1-3H3;2*1,3-30H2,2H3;. The summed E-state index contributed by atoms with van der Waals surface area (Å²) in [5, 5.41) is 0. The van der Waals surface area contributed by atoms with E-state index in [-0.39, 0.29) is 0 Å². The number of benzene rings is 2. The molecule has 0 aromatic heterocycles. The number of hydrogen-bond acceptors (Lipinski definition) is 0. The zero-order valence-electron chi connectivity index (χ0n) is 65.8. The molecule has 0 aliphatic heterocycles. The fourth-order valence-electron chi connectivity index (χ4n) is 14.4. The van der Waals surface area contributed by atoms with E-state index < -0.39 is 0 Å². The first kappa shape index (κ1) is 92.0. The smallest absolute Gasteiger partial charge is 0.0654 e. The molecule has 0 spiro atoms. The Hall–Kier alpha value is -2.00. The summed E-state index contributed by atoms with van der Waals surface area (Å²) < 4.78 is 0. The van der Waals surface area contributed by atoms with Crippen molar-refractivity contribution in [2.24, 2.45) is 0 Å². The monoisotopic (exact) mass is 1420 g/mol. The Morgan fingerprint density at radius 2 is 0.562 bits per heavy atom. The van der Waals surface area contributed by atoms with Crippen molar-refractivity contribution in [2.75, 3.05) is 0 Å². The first-order chi connectivity index (χ1) is 47.6. The van der Waals surface area contributed by atoms with Gasteiger partial charge in [0.2, 0.25) is 0 Å². The fraction of sp³-hybridized carbons (Fsp3) is 0.828. The van der Waals surface area contributed by atoms with Crippen molar-refractivity contribution in [1.82, 2.24) is 0 Å². The van der Waals surface area contributed by atoms with Gasteiger partial charge in [0.15, 0.2) is 0 Å². The molecule has 2 aromatic rings. The van der Waals surface area contributed by atoms with Crippen LogP contribution in [0.1, 0.15) is 493 Å². The number of hydrogen-bond donors (Lipinski definition) is 0. The molecular formula is C93H168N2Pd. The summed E-state index contributed by atoms with van der Waals surface area (Å²) >= 11 is 1.05. The molecule has 0 N–H and O–H groups in total. The minimum atomic E-state index is 0.960. The van der Waals surface area contributed by atoms with Crippen LogP contribution in [-0.2, 0) is 30.8 Å². The van der Waals surface area contributed by atoms with Gasteiger partial charge in [0.25, 0.3) is 5.87 Å². The van der Waals surface area contributed by atoms with E-state index >= 15 is 0 Å². The predicted octanol–water partition coefficient (Wildman–Crippen LogP) is 33.6. The Kier molecular flexibility index (Phi) is 75.4. The average molecular weight is 1420 g/mol. The van der Waals surface area contributed by atoms with Gasteiger partial charge in [0, 0.05) is 0 Å². The average Bonchev–Trinajstić information content (AvgIpc) is 0.829. The summed E-state index contributed by atoms with van der Waals surface area (Å²) in [4.78, 5) is 6.29. The van der Waals surface area contributed by atoms with Gasteiger partial charge in [0.05, 0.1) is 6.08 Å². The zero-order valence-corrected chi connectivity index (χ0v) is 67.4. The topological polar surface area (TPSA) is 36.4 Å². The van der Waals surface area contributed by atoms with Crippen LogP contribution in [0.2, 0.25) is 9.79 Å². The molecular weight excluding hydrogens is 1250 g/mol. The van der Waals surface area contributed by atoms with Crippen molar-refractivity contribution >= 4 is 11.4 Å². The summed E-state index contributed by atoms with van der Waals surface area (Å²) in [7, 11) is 0. The van der Waals surface area contributed by atoms with Crippen molar-refractivity contribution in [3.05, 3.63) is 88.0 Å². The molecule has 0 heterocycles. The van der Waals surface area contributed by atoms with Crippen LogP contribution in [0.25, 0.3) is 11.1 Å². The van der Waals surface area contributed by atoms with Crippen molar-refractivity contribution in [3.8, 4) is 0 Å². The van der Waals surface area contributed by atoms with Crippen LogP contribution in [0.3, 0.4) is 0 Å². The molecule has 0 amide bonds. The number of allylic oxidation sites excluding steroid dienone is 2. The summed E-state index contributed by atoms with van der Waals surface area (Å²) in [6, 6.07) is 18.1. The molecule has 0 fully saturated rings. The molecule has 0 bridgehead atoms.